The average Bonchev–Trinajstić information content (AvgIpc) is 2.19. The molecule has 0 bridgehead atoms. The average molecular weight is 114 g/mol. The van der Waals surface area contributed by atoms with Gasteiger partial charge in [-0.05, 0) is 6.42 Å². The normalized spacial score (nSPS) is 28.9. The maximum Gasteiger partial charge on any atom is 0.0861 e. The van der Waals surface area contributed by atoms with Gasteiger partial charge in [0.1, 0.15) is 0 Å². The van der Waals surface area contributed by atoms with Crippen LogP contribution in [0.2, 0.25) is 0 Å². The molecule has 1 atom stereocenters. The van der Waals surface area contributed by atoms with Gasteiger partial charge in [0.05, 0.1) is 12.6 Å². The van der Waals surface area contributed by atoms with E-state index in [9.17, 15) is 0 Å². The maximum atomic E-state index is 2.49. The lowest BCUT2D eigenvalue weighted by Gasteiger charge is -2.01. The van der Waals surface area contributed by atoms with Gasteiger partial charge in [-0.15, -0.1) is 0 Å². The van der Waals surface area contributed by atoms with Crippen molar-refractivity contribution >= 4 is 0 Å². The van der Waals surface area contributed by atoms with Crippen LogP contribution in [0.3, 0.4) is 0 Å². The largest absolute Gasteiger partial charge is 0.344 e. The van der Waals surface area contributed by atoms with Crippen molar-refractivity contribution in [2.45, 2.75) is 38.6 Å². The van der Waals surface area contributed by atoms with Crippen molar-refractivity contribution in [1.29, 1.82) is 0 Å². The summed E-state index contributed by atoms with van der Waals surface area (Å²) in [5.74, 6) is 0. The summed E-state index contributed by atoms with van der Waals surface area (Å²) in [4.78, 5) is 0. The molecule has 0 aliphatic carbocycles. The van der Waals surface area contributed by atoms with Crippen molar-refractivity contribution in [2.24, 2.45) is 0 Å². The van der Waals surface area contributed by atoms with Crippen molar-refractivity contribution in [2.75, 3.05) is 6.54 Å². The van der Waals surface area contributed by atoms with Crippen LogP contribution in [0, 0.1) is 0 Å². The van der Waals surface area contributed by atoms with Crippen LogP contribution in [0.5, 0.6) is 0 Å². The molecule has 0 saturated carbocycles. The summed E-state index contributed by atoms with van der Waals surface area (Å²) >= 11 is 0. The molecule has 8 heavy (non-hydrogen) atoms. The van der Waals surface area contributed by atoms with Crippen LogP contribution >= 0.6 is 0 Å². The Bertz CT molecular complexity index is 55.4. The molecule has 0 aromatic rings. The lowest BCUT2D eigenvalue weighted by Crippen LogP contribution is -2.86. The first-order valence-electron chi connectivity index (χ1n) is 3.77. The highest BCUT2D eigenvalue weighted by atomic mass is 14.9. The third-order valence-corrected chi connectivity index (χ3v) is 1.94. The first-order valence-corrected chi connectivity index (χ1v) is 3.77. The minimum atomic E-state index is 0.986. The highest BCUT2D eigenvalue weighted by molar-refractivity contribution is 4.57. The Hall–Kier alpha value is -0.0400. The lowest BCUT2D eigenvalue weighted by atomic mass is 10.1. The van der Waals surface area contributed by atoms with Gasteiger partial charge in [-0.25, -0.2) is 0 Å². The van der Waals surface area contributed by atoms with Crippen molar-refractivity contribution in [3.05, 3.63) is 0 Å². The summed E-state index contributed by atoms with van der Waals surface area (Å²) in [5, 5.41) is 2.49. The first kappa shape index (κ1) is 6.09. The second kappa shape index (κ2) is 3.08. The van der Waals surface area contributed by atoms with E-state index in [1.807, 2.05) is 0 Å². The molecule has 2 N–H and O–H groups in total. The summed E-state index contributed by atoms with van der Waals surface area (Å²) < 4.78 is 0. The fourth-order valence-corrected chi connectivity index (χ4v) is 1.48. The van der Waals surface area contributed by atoms with Gasteiger partial charge < -0.3 is 5.32 Å². The molecular formula is C7H16N+. The fraction of sp³-hybridized carbons (Fsp3) is 1.00. The number of hydrogen-bond acceptors (Lipinski definition) is 0. The van der Waals surface area contributed by atoms with E-state index in [1.165, 1.54) is 32.2 Å². The molecule has 1 fully saturated rings. The summed E-state index contributed by atoms with van der Waals surface area (Å²) in [6, 6.07) is 0.986. The Labute approximate surface area is 51.5 Å². The lowest BCUT2D eigenvalue weighted by molar-refractivity contribution is -0.670. The van der Waals surface area contributed by atoms with E-state index in [2.05, 4.69) is 12.2 Å². The monoisotopic (exact) mass is 114 g/mol. The molecule has 0 unspecified atom stereocenters. The second-order valence-corrected chi connectivity index (χ2v) is 2.72. The quantitative estimate of drug-likeness (QED) is 0.539. The molecule has 1 heteroatoms. The molecule has 1 aliphatic rings. The van der Waals surface area contributed by atoms with E-state index in [-0.39, 0.29) is 0 Å². The van der Waals surface area contributed by atoms with E-state index in [0.717, 1.165) is 6.04 Å². The molecule has 1 heterocycles. The van der Waals surface area contributed by atoms with E-state index < -0.39 is 0 Å². The zero-order chi connectivity index (χ0) is 5.82. The SMILES string of the molecule is CCC[C@H]1CCC[NH2+]1. The number of hydrogen-bond donors (Lipinski definition) is 1. The number of quaternary nitrogens is 1. The molecule has 1 rings (SSSR count). The van der Waals surface area contributed by atoms with Gasteiger partial charge in [0.2, 0.25) is 0 Å². The number of nitrogens with two attached hydrogens (primary N) is 1. The molecule has 0 aromatic heterocycles. The minimum absolute atomic E-state index is 0.986. The van der Waals surface area contributed by atoms with E-state index in [1.54, 1.807) is 0 Å². The first-order chi connectivity index (χ1) is 3.93. The van der Waals surface area contributed by atoms with Crippen LogP contribution in [0.4, 0.5) is 0 Å². The van der Waals surface area contributed by atoms with Crippen LogP contribution in [-0.2, 0) is 0 Å². The van der Waals surface area contributed by atoms with Crippen molar-refractivity contribution in [3.63, 3.8) is 0 Å². The predicted molar refractivity (Wildman–Crippen MR) is 34.7 cm³/mol. The minimum Gasteiger partial charge on any atom is -0.344 e. The highest BCUT2D eigenvalue weighted by Gasteiger charge is 2.15. The van der Waals surface area contributed by atoms with Gasteiger partial charge >= 0.3 is 0 Å². The molecule has 1 aliphatic heterocycles. The van der Waals surface area contributed by atoms with Gasteiger partial charge in [0, 0.05) is 12.8 Å². The van der Waals surface area contributed by atoms with Gasteiger partial charge in [0.15, 0.2) is 0 Å². The summed E-state index contributed by atoms with van der Waals surface area (Å²) in [5.41, 5.74) is 0. The second-order valence-electron chi connectivity index (χ2n) is 2.72. The molecule has 1 saturated heterocycles. The van der Waals surface area contributed by atoms with Gasteiger partial charge in [-0.2, -0.15) is 0 Å². The summed E-state index contributed by atoms with van der Waals surface area (Å²) in [6.45, 7) is 3.65. The van der Waals surface area contributed by atoms with E-state index in [4.69, 9.17) is 0 Å². The molecule has 0 amide bonds. The van der Waals surface area contributed by atoms with Crippen molar-refractivity contribution in [1.82, 2.24) is 0 Å². The van der Waals surface area contributed by atoms with Crippen LogP contribution < -0.4 is 5.32 Å². The summed E-state index contributed by atoms with van der Waals surface area (Å²) in [7, 11) is 0. The molecule has 1 nitrogen and oxygen atoms in total. The summed E-state index contributed by atoms with van der Waals surface area (Å²) in [6.07, 6.45) is 5.71. The Kier molecular flexibility index (Phi) is 2.34. The Morgan fingerprint density at radius 3 is 3.00 bits per heavy atom. The van der Waals surface area contributed by atoms with Gasteiger partial charge in [-0.1, -0.05) is 13.3 Å². The van der Waals surface area contributed by atoms with Crippen LogP contribution in [0.25, 0.3) is 0 Å². The molecule has 48 valence electrons. The molecule has 0 radical (unpaired) electrons. The van der Waals surface area contributed by atoms with E-state index in [0.29, 0.717) is 0 Å². The van der Waals surface area contributed by atoms with Crippen molar-refractivity contribution < 1.29 is 5.32 Å². The smallest absolute Gasteiger partial charge is 0.0861 e. The Morgan fingerprint density at radius 2 is 2.50 bits per heavy atom. The number of rotatable bonds is 2. The zero-order valence-corrected chi connectivity index (χ0v) is 5.69. The topological polar surface area (TPSA) is 16.6 Å². The van der Waals surface area contributed by atoms with Crippen LogP contribution in [-0.4, -0.2) is 12.6 Å². The third-order valence-electron chi connectivity index (χ3n) is 1.94. The fourth-order valence-electron chi connectivity index (χ4n) is 1.48. The predicted octanol–water partition coefficient (Wildman–Crippen LogP) is 0.512. The molecular weight excluding hydrogens is 98.1 g/mol. The standard InChI is InChI=1S/C7H15N/c1-2-4-7-5-3-6-8-7/h7-8H,2-6H2,1H3/p+1/t7-/m0/s1. The maximum absolute atomic E-state index is 2.49. The third kappa shape index (κ3) is 1.48. The van der Waals surface area contributed by atoms with E-state index >= 15 is 0 Å². The molecule has 0 spiro atoms. The Balaban J connectivity index is 2.06. The van der Waals surface area contributed by atoms with Crippen molar-refractivity contribution in [3.8, 4) is 0 Å². The Morgan fingerprint density at radius 1 is 1.62 bits per heavy atom. The highest BCUT2D eigenvalue weighted by Crippen LogP contribution is 2.02. The van der Waals surface area contributed by atoms with Gasteiger partial charge in [0.25, 0.3) is 0 Å². The molecule has 0 aromatic carbocycles. The van der Waals surface area contributed by atoms with Crippen LogP contribution in [0.15, 0.2) is 0 Å². The van der Waals surface area contributed by atoms with Gasteiger partial charge in [-0.3, -0.25) is 0 Å². The zero-order valence-electron chi connectivity index (χ0n) is 5.69. The van der Waals surface area contributed by atoms with Crippen LogP contribution in [0.1, 0.15) is 32.6 Å².